The maximum atomic E-state index is 13.8. The number of aromatic nitrogens is 3. The average Bonchev–Trinajstić information content (AvgIpc) is 3.31. The number of amides is 1. The third-order valence-corrected chi connectivity index (χ3v) is 7.12. The predicted molar refractivity (Wildman–Crippen MR) is 141 cm³/mol. The maximum Gasteiger partial charge on any atom is 0.227 e. The van der Waals surface area contributed by atoms with Crippen LogP contribution in [0.1, 0.15) is 40.7 Å². The largest absolute Gasteiger partial charge is 0.502 e. The Labute approximate surface area is 217 Å². The van der Waals surface area contributed by atoms with E-state index in [0.29, 0.717) is 29.7 Å². The first-order chi connectivity index (χ1) is 18.5. The first-order valence-corrected chi connectivity index (χ1v) is 12.4. The molecule has 1 amide bonds. The van der Waals surface area contributed by atoms with Crippen LogP contribution in [0, 0.1) is 0 Å². The van der Waals surface area contributed by atoms with E-state index in [0.717, 1.165) is 17.6 Å². The Hall–Kier alpha value is -4.50. The van der Waals surface area contributed by atoms with Gasteiger partial charge in [0.15, 0.2) is 5.76 Å². The van der Waals surface area contributed by atoms with Gasteiger partial charge in [-0.2, -0.15) is 0 Å². The second kappa shape index (κ2) is 9.75. The van der Waals surface area contributed by atoms with Crippen LogP contribution in [-0.2, 0) is 29.1 Å². The molecule has 2 aromatic carbocycles. The summed E-state index contributed by atoms with van der Waals surface area (Å²) in [6.07, 6.45) is 3.87. The molecule has 9 nitrogen and oxygen atoms in total. The number of aromatic amines is 1. The van der Waals surface area contributed by atoms with Crippen LogP contribution >= 0.6 is 0 Å². The minimum atomic E-state index is -0.767. The van der Waals surface area contributed by atoms with E-state index in [1.165, 1.54) is 24.1 Å². The lowest BCUT2D eigenvalue weighted by atomic mass is 9.90. The second-order valence-corrected chi connectivity index (χ2v) is 9.44. The average molecular weight is 511 g/mol. The van der Waals surface area contributed by atoms with Gasteiger partial charge in [-0.3, -0.25) is 19.6 Å². The number of ether oxygens (including phenoxy) is 1. The van der Waals surface area contributed by atoms with Gasteiger partial charge >= 0.3 is 0 Å². The van der Waals surface area contributed by atoms with Gasteiger partial charge in [0.1, 0.15) is 12.4 Å². The summed E-state index contributed by atoms with van der Waals surface area (Å²) in [6.45, 7) is 1.06. The third kappa shape index (κ3) is 4.20. The molecule has 0 bridgehead atoms. The number of benzene rings is 2. The normalized spacial score (nSPS) is 14.1. The van der Waals surface area contributed by atoms with Gasteiger partial charge in [-0.25, -0.2) is 0 Å². The summed E-state index contributed by atoms with van der Waals surface area (Å²) < 4.78 is 11.1. The Morgan fingerprint density at radius 3 is 2.89 bits per heavy atom. The molecule has 192 valence electrons. The van der Waals surface area contributed by atoms with Gasteiger partial charge in [0.2, 0.25) is 17.1 Å². The molecule has 0 saturated carbocycles. The Morgan fingerprint density at radius 2 is 2.03 bits per heavy atom. The van der Waals surface area contributed by atoms with Crippen LogP contribution in [0.15, 0.2) is 70.1 Å². The van der Waals surface area contributed by atoms with Crippen LogP contribution in [0.4, 0.5) is 0 Å². The minimum Gasteiger partial charge on any atom is -0.502 e. The molecule has 9 heteroatoms. The van der Waals surface area contributed by atoms with Crippen molar-refractivity contribution in [3.8, 4) is 5.75 Å². The molecule has 5 aromatic rings. The number of H-pyrrole nitrogens is 1. The molecule has 2 N–H and O–H groups in total. The SMILES string of the molecule is COCc1cc(=O)c(O)c([C@H](CC(=O)N2CCc3c([nH]c4ccccc34)C2)c2cccc3nccnc23)o1. The first-order valence-electron chi connectivity index (χ1n) is 12.4. The molecule has 0 unspecified atom stereocenters. The van der Waals surface area contributed by atoms with Crippen LogP contribution < -0.4 is 5.43 Å². The molecule has 4 heterocycles. The summed E-state index contributed by atoms with van der Waals surface area (Å²) in [4.78, 5) is 40.6. The lowest BCUT2D eigenvalue weighted by Crippen LogP contribution is -2.36. The van der Waals surface area contributed by atoms with Crippen LogP contribution in [0.3, 0.4) is 0 Å². The Morgan fingerprint density at radius 1 is 1.18 bits per heavy atom. The Kier molecular flexibility index (Phi) is 6.13. The van der Waals surface area contributed by atoms with Gasteiger partial charge < -0.3 is 24.1 Å². The Bertz CT molecular complexity index is 1720. The van der Waals surface area contributed by atoms with E-state index in [1.54, 1.807) is 17.3 Å². The molecule has 0 spiro atoms. The van der Waals surface area contributed by atoms with Gasteiger partial charge in [-0.05, 0) is 29.7 Å². The van der Waals surface area contributed by atoms with Crippen LogP contribution in [0.25, 0.3) is 21.9 Å². The standard InChI is InChI=1S/C29H26N4O5/c1-37-16-17-13-25(34)28(36)29(38-17)21(20-6-4-8-23-27(20)31-11-10-30-23)14-26(35)33-12-9-19-18-5-2-3-7-22(18)32-24(19)15-33/h2-8,10-11,13,21,32,36H,9,12,14-16H2,1H3/t21-/m1/s1. The van der Waals surface area contributed by atoms with Crippen molar-refractivity contribution in [1.29, 1.82) is 0 Å². The maximum absolute atomic E-state index is 13.8. The smallest absolute Gasteiger partial charge is 0.227 e. The van der Waals surface area contributed by atoms with E-state index in [1.807, 2.05) is 36.4 Å². The Balaban J connectivity index is 1.40. The van der Waals surface area contributed by atoms with Gasteiger partial charge in [0.25, 0.3) is 0 Å². The lowest BCUT2D eigenvalue weighted by Gasteiger charge is -2.29. The van der Waals surface area contributed by atoms with Crippen LogP contribution in [-0.4, -0.2) is 44.5 Å². The molecule has 6 rings (SSSR count). The lowest BCUT2D eigenvalue weighted by molar-refractivity contribution is -0.132. The van der Waals surface area contributed by atoms with E-state index < -0.39 is 17.1 Å². The fourth-order valence-corrected chi connectivity index (χ4v) is 5.35. The zero-order chi connectivity index (χ0) is 26.2. The molecule has 0 fully saturated rings. The summed E-state index contributed by atoms with van der Waals surface area (Å²) in [6, 6.07) is 14.8. The zero-order valence-electron chi connectivity index (χ0n) is 20.8. The van der Waals surface area contributed by atoms with E-state index in [-0.39, 0.29) is 30.5 Å². The molecule has 3 aromatic heterocycles. The number of para-hydroxylation sites is 2. The highest BCUT2D eigenvalue weighted by Gasteiger charge is 2.31. The van der Waals surface area contributed by atoms with Crippen LogP contribution in [0.2, 0.25) is 0 Å². The van der Waals surface area contributed by atoms with E-state index >= 15 is 0 Å². The number of methoxy groups -OCH3 is 1. The minimum absolute atomic E-state index is 0.0133. The number of rotatable bonds is 6. The van der Waals surface area contributed by atoms with Gasteiger partial charge in [-0.1, -0.05) is 30.3 Å². The molecule has 1 aliphatic rings. The fourth-order valence-electron chi connectivity index (χ4n) is 5.35. The summed E-state index contributed by atoms with van der Waals surface area (Å²) in [7, 11) is 1.49. The molecule has 1 aliphatic heterocycles. The topological polar surface area (TPSA) is 122 Å². The van der Waals surface area contributed by atoms with Crippen molar-refractivity contribution < 1.29 is 19.1 Å². The van der Waals surface area contributed by atoms with Gasteiger partial charge in [0.05, 0.1) is 23.5 Å². The number of aromatic hydroxyl groups is 1. The first kappa shape index (κ1) is 23.9. The number of hydrogen-bond acceptors (Lipinski definition) is 7. The number of hydrogen-bond donors (Lipinski definition) is 2. The van der Waals surface area contributed by atoms with Crippen LogP contribution in [0.5, 0.6) is 5.75 Å². The highest BCUT2D eigenvalue weighted by Crippen LogP contribution is 2.37. The highest BCUT2D eigenvalue weighted by atomic mass is 16.5. The van der Waals surface area contributed by atoms with Crippen molar-refractivity contribution in [3.63, 3.8) is 0 Å². The number of nitrogens with one attached hydrogen (secondary N) is 1. The molecule has 0 radical (unpaired) electrons. The van der Waals surface area contributed by atoms with E-state index in [2.05, 4.69) is 21.0 Å². The molecule has 0 saturated heterocycles. The summed E-state index contributed by atoms with van der Waals surface area (Å²) in [5.74, 6) is -1.15. The molecule has 0 aliphatic carbocycles. The van der Waals surface area contributed by atoms with E-state index in [9.17, 15) is 14.7 Å². The number of fused-ring (bicyclic) bond motifs is 4. The van der Waals surface area contributed by atoms with E-state index in [4.69, 9.17) is 9.15 Å². The van der Waals surface area contributed by atoms with Crippen molar-refractivity contribution in [3.05, 3.63) is 99.5 Å². The van der Waals surface area contributed by atoms with Crippen molar-refractivity contribution in [1.82, 2.24) is 19.9 Å². The van der Waals surface area contributed by atoms with Crippen molar-refractivity contribution in [2.24, 2.45) is 0 Å². The third-order valence-electron chi connectivity index (χ3n) is 7.12. The number of carbonyl (C=O) groups excluding carboxylic acids is 1. The number of carbonyl (C=O) groups is 1. The predicted octanol–water partition coefficient (Wildman–Crippen LogP) is 4.02. The monoisotopic (exact) mass is 510 g/mol. The van der Waals surface area contributed by atoms with Gasteiger partial charge in [0, 0.05) is 55.1 Å². The summed E-state index contributed by atoms with van der Waals surface area (Å²) >= 11 is 0. The summed E-state index contributed by atoms with van der Waals surface area (Å²) in [5.41, 5.74) is 4.57. The van der Waals surface area contributed by atoms with Gasteiger partial charge in [-0.15, -0.1) is 0 Å². The van der Waals surface area contributed by atoms with Crippen molar-refractivity contribution in [2.75, 3.05) is 13.7 Å². The van der Waals surface area contributed by atoms with Crippen molar-refractivity contribution >= 4 is 27.8 Å². The van der Waals surface area contributed by atoms with Crippen molar-refractivity contribution in [2.45, 2.75) is 31.9 Å². The fraction of sp³-hybridized carbons (Fsp3) is 0.241. The molecular weight excluding hydrogens is 484 g/mol. The number of nitrogens with zero attached hydrogens (tertiary/aromatic N) is 3. The molecule has 1 atom stereocenters. The quantitative estimate of drug-likeness (QED) is 0.354. The highest BCUT2D eigenvalue weighted by molar-refractivity contribution is 5.86. The zero-order valence-corrected chi connectivity index (χ0v) is 20.8. The second-order valence-electron chi connectivity index (χ2n) is 9.44. The molecular formula is C29H26N4O5. The molecule has 38 heavy (non-hydrogen) atoms. The summed E-state index contributed by atoms with van der Waals surface area (Å²) in [5, 5.41) is 12.0.